The molecule has 0 saturated carbocycles. The smallest absolute Gasteiger partial charge is 0.247 e. The minimum atomic E-state index is 0.162. The van der Waals surface area contributed by atoms with Crippen molar-refractivity contribution in [3.63, 3.8) is 0 Å². The average Bonchev–Trinajstić information content (AvgIpc) is 3.23. The zero-order chi connectivity index (χ0) is 19.1. The lowest BCUT2D eigenvalue weighted by molar-refractivity contribution is 0.479. The summed E-state index contributed by atoms with van der Waals surface area (Å²) in [5.74, 6) is 1.34. The topological polar surface area (TPSA) is 91.2 Å². The summed E-state index contributed by atoms with van der Waals surface area (Å²) in [5.41, 5.74) is 4.38. The molecular weight excluding hydrogens is 352 g/mol. The first-order valence-corrected chi connectivity index (χ1v) is 9.93. The Labute approximate surface area is 164 Å². The van der Waals surface area contributed by atoms with Crippen molar-refractivity contribution in [3.8, 4) is 0 Å². The first-order chi connectivity index (χ1) is 13.6. The van der Waals surface area contributed by atoms with E-state index in [0.29, 0.717) is 12.0 Å². The van der Waals surface area contributed by atoms with Gasteiger partial charge in [-0.1, -0.05) is 19.9 Å². The first kappa shape index (κ1) is 17.2. The Balaban J connectivity index is 1.39. The minimum Gasteiger partial charge on any atom is -0.384 e. The van der Waals surface area contributed by atoms with E-state index in [1.807, 2.05) is 6.20 Å². The SMILES string of the molecule is CC1(C)CNc2cc(Nc3nc4c(NC5CCCNC5)nccn4n3)ccc21. The van der Waals surface area contributed by atoms with Crippen LogP contribution in [0.4, 0.5) is 23.1 Å². The van der Waals surface area contributed by atoms with Crippen LogP contribution in [0.3, 0.4) is 0 Å². The summed E-state index contributed by atoms with van der Waals surface area (Å²) < 4.78 is 1.77. The van der Waals surface area contributed by atoms with Gasteiger partial charge in [0.25, 0.3) is 0 Å². The fraction of sp³-hybridized carbons (Fsp3) is 0.450. The molecular formula is C20H26N8. The van der Waals surface area contributed by atoms with Crippen LogP contribution in [0.25, 0.3) is 5.65 Å². The van der Waals surface area contributed by atoms with E-state index < -0.39 is 0 Å². The molecule has 28 heavy (non-hydrogen) atoms. The van der Waals surface area contributed by atoms with E-state index in [2.05, 4.69) is 68.4 Å². The highest BCUT2D eigenvalue weighted by molar-refractivity contribution is 5.70. The van der Waals surface area contributed by atoms with Crippen LogP contribution in [0.5, 0.6) is 0 Å². The normalized spacial score (nSPS) is 20.6. The van der Waals surface area contributed by atoms with Gasteiger partial charge in [0.1, 0.15) is 0 Å². The van der Waals surface area contributed by atoms with Crippen LogP contribution < -0.4 is 21.3 Å². The summed E-state index contributed by atoms with van der Waals surface area (Å²) in [6.07, 6.45) is 5.88. The summed E-state index contributed by atoms with van der Waals surface area (Å²) in [7, 11) is 0. The molecule has 4 N–H and O–H groups in total. The van der Waals surface area contributed by atoms with E-state index in [0.717, 1.165) is 43.2 Å². The molecule has 1 saturated heterocycles. The number of aromatic nitrogens is 4. The van der Waals surface area contributed by atoms with Gasteiger partial charge in [0, 0.05) is 48.3 Å². The third-order valence-corrected chi connectivity index (χ3v) is 5.62. The molecule has 2 aliphatic rings. The predicted molar refractivity (Wildman–Crippen MR) is 112 cm³/mol. The summed E-state index contributed by atoms with van der Waals surface area (Å²) >= 11 is 0. The quantitative estimate of drug-likeness (QED) is 0.555. The largest absolute Gasteiger partial charge is 0.384 e. The highest BCUT2D eigenvalue weighted by atomic mass is 15.4. The van der Waals surface area contributed by atoms with E-state index in [1.54, 1.807) is 10.7 Å². The summed E-state index contributed by atoms with van der Waals surface area (Å²) in [6.45, 7) is 7.50. The monoisotopic (exact) mass is 378 g/mol. The molecule has 8 heteroatoms. The van der Waals surface area contributed by atoms with Gasteiger partial charge in [0.15, 0.2) is 11.5 Å². The molecule has 2 aromatic heterocycles. The zero-order valence-electron chi connectivity index (χ0n) is 16.3. The molecule has 2 aliphatic heterocycles. The molecule has 0 spiro atoms. The van der Waals surface area contributed by atoms with Gasteiger partial charge in [-0.15, -0.1) is 5.10 Å². The molecule has 0 amide bonds. The standard InChI is InChI=1S/C20H26N8/c1-20(2)12-23-16-10-13(5-6-15(16)20)25-19-26-18-17(22-8-9-28(18)27-19)24-14-4-3-7-21-11-14/h5-6,8-10,14,21,23H,3-4,7,11-12H2,1-2H3,(H,22,24)(H,25,27). The third-order valence-electron chi connectivity index (χ3n) is 5.62. The lowest BCUT2D eigenvalue weighted by Crippen LogP contribution is -2.38. The highest BCUT2D eigenvalue weighted by Gasteiger charge is 2.29. The van der Waals surface area contributed by atoms with E-state index in [4.69, 9.17) is 0 Å². The van der Waals surface area contributed by atoms with Crippen LogP contribution in [-0.4, -0.2) is 45.3 Å². The molecule has 1 unspecified atom stereocenters. The Hall–Kier alpha value is -2.87. The van der Waals surface area contributed by atoms with Gasteiger partial charge in [0.05, 0.1) is 0 Å². The van der Waals surface area contributed by atoms with Gasteiger partial charge in [-0.25, -0.2) is 9.50 Å². The number of nitrogens with one attached hydrogen (secondary N) is 4. The molecule has 0 aliphatic carbocycles. The molecule has 3 aromatic rings. The van der Waals surface area contributed by atoms with Gasteiger partial charge < -0.3 is 21.3 Å². The minimum absolute atomic E-state index is 0.162. The molecule has 0 bridgehead atoms. The zero-order valence-corrected chi connectivity index (χ0v) is 16.3. The number of fused-ring (bicyclic) bond motifs is 2. The fourth-order valence-electron chi connectivity index (χ4n) is 4.04. The maximum Gasteiger partial charge on any atom is 0.247 e. The number of nitrogens with zero attached hydrogens (tertiary/aromatic N) is 4. The van der Waals surface area contributed by atoms with Crippen LogP contribution in [0, 0.1) is 0 Å². The second kappa shape index (κ2) is 6.63. The Morgan fingerprint density at radius 2 is 2.21 bits per heavy atom. The van der Waals surface area contributed by atoms with Gasteiger partial charge in [-0.2, -0.15) is 4.98 Å². The predicted octanol–water partition coefficient (Wildman–Crippen LogP) is 2.73. The lowest BCUT2D eigenvalue weighted by atomic mass is 9.87. The number of hydrogen-bond acceptors (Lipinski definition) is 7. The lowest BCUT2D eigenvalue weighted by Gasteiger charge is -2.24. The van der Waals surface area contributed by atoms with Crippen molar-refractivity contribution in [2.24, 2.45) is 0 Å². The van der Waals surface area contributed by atoms with E-state index in [1.165, 1.54) is 17.7 Å². The van der Waals surface area contributed by atoms with Gasteiger partial charge >= 0.3 is 0 Å². The van der Waals surface area contributed by atoms with E-state index >= 15 is 0 Å². The number of piperidine rings is 1. The Morgan fingerprint density at radius 1 is 1.29 bits per heavy atom. The average molecular weight is 378 g/mol. The molecule has 8 nitrogen and oxygen atoms in total. The van der Waals surface area contributed by atoms with Crippen molar-refractivity contribution in [1.29, 1.82) is 0 Å². The van der Waals surface area contributed by atoms with Gasteiger partial charge in [-0.05, 0) is 37.1 Å². The van der Waals surface area contributed by atoms with Crippen LogP contribution in [-0.2, 0) is 5.41 Å². The maximum atomic E-state index is 4.67. The fourth-order valence-corrected chi connectivity index (χ4v) is 4.04. The summed E-state index contributed by atoms with van der Waals surface area (Å²) in [6, 6.07) is 6.76. The molecule has 146 valence electrons. The van der Waals surface area contributed by atoms with Crippen molar-refractivity contribution in [3.05, 3.63) is 36.2 Å². The van der Waals surface area contributed by atoms with Crippen molar-refractivity contribution in [1.82, 2.24) is 24.9 Å². The Bertz CT molecular complexity index is 1000. The number of rotatable bonds is 4. The van der Waals surface area contributed by atoms with Crippen molar-refractivity contribution < 1.29 is 0 Å². The second-order valence-corrected chi connectivity index (χ2v) is 8.29. The molecule has 1 aromatic carbocycles. The van der Waals surface area contributed by atoms with Crippen LogP contribution in [0.15, 0.2) is 30.6 Å². The number of benzene rings is 1. The molecule has 1 atom stereocenters. The van der Waals surface area contributed by atoms with Crippen molar-refractivity contribution in [2.45, 2.75) is 38.1 Å². The molecule has 4 heterocycles. The second-order valence-electron chi connectivity index (χ2n) is 8.29. The molecule has 5 rings (SSSR count). The third kappa shape index (κ3) is 3.13. The number of hydrogen-bond donors (Lipinski definition) is 4. The van der Waals surface area contributed by atoms with Gasteiger partial charge in [-0.3, -0.25) is 0 Å². The maximum absolute atomic E-state index is 4.67. The Kier molecular flexibility index (Phi) is 4.08. The van der Waals surface area contributed by atoms with Crippen LogP contribution in [0.1, 0.15) is 32.3 Å². The van der Waals surface area contributed by atoms with E-state index in [9.17, 15) is 0 Å². The Morgan fingerprint density at radius 3 is 3.07 bits per heavy atom. The van der Waals surface area contributed by atoms with Crippen LogP contribution >= 0.6 is 0 Å². The molecule has 0 radical (unpaired) electrons. The number of anilines is 4. The summed E-state index contributed by atoms with van der Waals surface area (Å²) in [5, 5.41) is 18.3. The summed E-state index contributed by atoms with van der Waals surface area (Å²) in [4.78, 5) is 9.16. The van der Waals surface area contributed by atoms with E-state index in [-0.39, 0.29) is 5.41 Å². The highest BCUT2D eigenvalue weighted by Crippen LogP contribution is 2.37. The van der Waals surface area contributed by atoms with Gasteiger partial charge in [0.2, 0.25) is 5.95 Å². The first-order valence-electron chi connectivity index (χ1n) is 9.93. The van der Waals surface area contributed by atoms with Crippen molar-refractivity contribution in [2.75, 3.05) is 35.6 Å². The van der Waals surface area contributed by atoms with Crippen molar-refractivity contribution >= 4 is 28.8 Å². The van der Waals surface area contributed by atoms with Crippen LogP contribution in [0.2, 0.25) is 0 Å². The molecule has 1 fully saturated rings.